The molecule has 31 heavy (non-hydrogen) atoms. The molecule has 0 aliphatic carbocycles. The fraction of sp³-hybridized carbons (Fsp3) is 0.435. The molecule has 0 spiro atoms. The lowest BCUT2D eigenvalue weighted by Crippen LogP contribution is -2.19. The van der Waals surface area contributed by atoms with Crippen molar-refractivity contribution in [3.8, 4) is 0 Å². The second kappa shape index (κ2) is 11.3. The number of unbranched alkanes of at least 4 members (excludes halogenated alkanes) is 2. The van der Waals surface area contributed by atoms with Gasteiger partial charge in [0, 0.05) is 11.9 Å². The Kier molecular flexibility index (Phi) is 8.20. The number of halogens is 1. The van der Waals surface area contributed by atoms with Gasteiger partial charge in [0.2, 0.25) is 11.6 Å². The summed E-state index contributed by atoms with van der Waals surface area (Å²) in [7, 11) is 0. The topological polar surface area (TPSA) is 104 Å². The average molecular weight is 426 g/mol. The van der Waals surface area contributed by atoms with Crippen LogP contribution in [0.1, 0.15) is 78.8 Å². The Hall–Kier alpha value is -3.16. The number of carbonyl (C=O) groups is 2. The number of nitrogens with zero attached hydrogens (tertiary/aromatic N) is 3. The van der Waals surface area contributed by atoms with Crippen LogP contribution in [-0.2, 0) is 17.6 Å². The lowest BCUT2D eigenvalue weighted by molar-refractivity contribution is -0.114. The summed E-state index contributed by atoms with van der Waals surface area (Å²) in [6.45, 7) is 2.16. The van der Waals surface area contributed by atoms with E-state index in [-0.39, 0.29) is 18.1 Å². The predicted octanol–water partition coefficient (Wildman–Crippen LogP) is 4.35. The van der Waals surface area contributed by atoms with Crippen LogP contribution in [0.25, 0.3) is 0 Å². The minimum atomic E-state index is -0.737. The Morgan fingerprint density at radius 2 is 1.84 bits per heavy atom. The quantitative estimate of drug-likeness (QED) is 0.241. The van der Waals surface area contributed by atoms with Crippen molar-refractivity contribution in [2.75, 3.05) is 0 Å². The summed E-state index contributed by atoms with van der Waals surface area (Å²) in [6, 6.07) is 8.68. The van der Waals surface area contributed by atoms with Crippen molar-refractivity contribution in [3.63, 3.8) is 0 Å². The number of ketones is 2. The third kappa shape index (κ3) is 6.41. The molecule has 0 bridgehead atoms. The molecule has 3 rings (SSSR count). The van der Waals surface area contributed by atoms with E-state index in [1.165, 1.54) is 12.1 Å². The molecule has 0 saturated carbocycles. The van der Waals surface area contributed by atoms with Crippen LogP contribution in [-0.4, -0.2) is 37.2 Å². The number of rotatable bonds is 13. The number of tetrazole rings is 1. The molecule has 0 aliphatic heterocycles. The number of Topliss-reactive ketones (excluding diaryl/α,β-unsaturated/α-hetero) is 2. The van der Waals surface area contributed by atoms with E-state index < -0.39 is 11.6 Å². The van der Waals surface area contributed by atoms with Crippen LogP contribution < -0.4 is 0 Å². The van der Waals surface area contributed by atoms with E-state index >= 15 is 0 Å². The molecule has 1 unspecified atom stereocenters. The smallest absolute Gasteiger partial charge is 0.269 e. The van der Waals surface area contributed by atoms with Crippen LogP contribution in [0.3, 0.4) is 0 Å². The molecule has 2 aromatic heterocycles. The van der Waals surface area contributed by atoms with Crippen molar-refractivity contribution in [1.82, 2.24) is 25.6 Å². The molecule has 7 nitrogen and oxygen atoms in total. The van der Waals surface area contributed by atoms with E-state index in [2.05, 4.69) is 32.5 Å². The number of aromatic nitrogens is 5. The zero-order valence-electron chi connectivity index (χ0n) is 17.7. The standard InChI is InChI=1S/C23H28FN5O2/c1-2-3-7-17(8-5-4-6-16-9-11-18(24)12-10-16)19-13-14-25-20(19)15-21(30)22(31)23-26-28-29-27-23/h9-14,17,25H,2-8,15H2,1H3,(H,26,27,28,29). The molecule has 0 radical (unpaired) electrons. The van der Waals surface area contributed by atoms with Crippen molar-refractivity contribution < 1.29 is 14.0 Å². The summed E-state index contributed by atoms with van der Waals surface area (Å²) >= 11 is 0. The summed E-state index contributed by atoms with van der Waals surface area (Å²) < 4.78 is 13.1. The molecule has 2 heterocycles. The minimum Gasteiger partial charge on any atom is -0.364 e. The van der Waals surface area contributed by atoms with Gasteiger partial charge in [-0.2, -0.15) is 5.21 Å². The molecule has 2 N–H and O–H groups in total. The first kappa shape index (κ1) is 22.5. The highest BCUT2D eigenvalue weighted by Gasteiger charge is 2.24. The maximum absolute atomic E-state index is 13.1. The number of carbonyl (C=O) groups excluding carboxylic acids is 2. The third-order valence-corrected chi connectivity index (χ3v) is 5.54. The van der Waals surface area contributed by atoms with Gasteiger partial charge in [-0.3, -0.25) is 9.59 Å². The summed E-state index contributed by atoms with van der Waals surface area (Å²) in [4.78, 5) is 27.7. The highest BCUT2D eigenvalue weighted by Crippen LogP contribution is 2.30. The number of benzene rings is 1. The van der Waals surface area contributed by atoms with Gasteiger partial charge in [0.15, 0.2) is 0 Å². The van der Waals surface area contributed by atoms with Crippen molar-refractivity contribution in [3.05, 3.63) is 65.0 Å². The first-order chi connectivity index (χ1) is 15.1. The molecular formula is C23H28FN5O2. The van der Waals surface area contributed by atoms with Crippen molar-refractivity contribution >= 4 is 11.6 Å². The number of aryl methyl sites for hydroxylation is 1. The summed E-state index contributed by atoms with van der Waals surface area (Å²) in [5.41, 5.74) is 3.02. The Balaban J connectivity index is 1.59. The minimum absolute atomic E-state index is 0.00604. The van der Waals surface area contributed by atoms with Gasteiger partial charge in [-0.15, -0.1) is 10.2 Å². The molecule has 164 valence electrons. The van der Waals surface area contributed by atoms with Gasteiger partial charge < -0.3 is 4.98 Å². The van der Waals surface area contributed by atoms with Gasteiger partial charge in [0.05, 0.1) is 6.42 Å². The molecule has 3 aromatic rings. The maximum Gasteiger partial charge on any atom is 0.269 e. The van der Waals surface area contributed by atoms with E-state index in [1.807, 2.05) is 24.4 Å². The number of aromatic amines is 2. The van der Waals surface area contributed by atoms with Gasteiger partial charge in [0.1, 0.15) is 5.82 Å². The molecule has 0 fully saturated rings. The van der Waals surface area contributed by atoms with E-state index in [4.69, 9.17) is 0 Å². The van der Waals surface area contributed by atoms with Crippen LogP contribution in [0.4, 0.5) is 4.39 Å². The van der Waals surface area contributed by atoms with E-state index in [0.29, 0.717) is 5.92 Å². The van der Waals surface area contributed by atoms with Gasteiger partial charge >= 0.3 is 0 Å². The first-order valence-corrected chi connectivity index (χ1v) is 10.8. The number of H-pyrrole nitrogens is 2. The van der Waals surface area contributed by atoms with Gasteiger partial charge in [0.25, 0.3) is 5.78 Å². The highest BCUT2D eigenvalue weighted by atomic mass is 19.1. The SMILES string of the molecule is CCCCC(CCCCc1ccc(F)cc1)c1cc[nH]c1CC(=O)C(=O)c1nn[nH]n1. The largest absolute Gasteiger partial charge is 0.364 e. The summed E-state index contributed by atoms with van der Waals surface area (Å²) in [5, 5.41) is 12.7. The normalized spacial score (nSPS) is 12.1. The van der Waals surface area contributed by atoms with Crippen LogP contribution in [0.2, 0.25) is 0 Å². The number of nitrogens with one attached hydrogen (secondary N) is 2. The lowest BCUT2D eigenvalue weighted by atomic mass is 9.87. The van der Waals surface area contributed by atoms with Crippen LogP contribution in [0.15, 0.2) is 36.5 Å². The molecular weight excluding hydrogens is 397 g/mol. The number of hydrogen-bond acceptors (Lipinski definition) is 5. The zero-order valence-corrected chi connectivity index (χ0v) is 17.7. The van der Waals surface area contributed by atoms with Crippen molar-refractivity contribution in [2.45, 2.75) is 64.2 Å². The van der Waals surface area contributed by atoms with E-state index in [0.717, 1.165) is 61.8 Å². The van der Waals surface area contributed by atoms with E-state index in [1.54, 1.807) is 0 Å². The highest BCUT2D eigenvalue weighted by molar-refractivity contribution is 6.43. The van der Waals surface area contributed by atoms with Crippen LogP contribution in [0, 0.1) is 5.82 Å². The summed E-state index contributed by atoms with van der Waals surface area (Å²) in [6.07, 6.45) is 9.02. The molecule has 8 heteroatoms. The maximum atomic E-state index is 13.1. The van der Waals surface area contributed by atoms with Gasteiger partial charge in [-0.05, 0) is 66.1 Å². The fourth-order valence-electron chi connectivity index (χ4n) is 3.85. The Labute approximate surface area is 180 Å². The van der Waals surface area contributed by atoms with Gasteiger partial charge in [-0.25, -0.2) is 4.39 Å². The third-order valence-electron chi connectivity index (χ3n) is 5.54. The number of hydrogen-bond donors (Lipinski definition) is 2. The lowest BCUT2D eigenvalue weighted by Gasteiger charge is -2.18. The first-order valence-electron chi connectivity index (χ1n) is 10.8. The van der Waals surface area contributed by atoms with Crippen molar-refractivity contribution in [1.29, 1.82) is 0 Å². The van der Waals surface area contributed by atoms with Crippen LogP contribution in [0.5, 0.6) is 0 Å². The summed E-state index contributed by atoms with van der Waals surface area (Å²) in [5.74, 6) is -1.39. The molecule has 1 atom stereocenters. The monoisotopic (exact) mass is 425 g/mol. The Morgan fingerprint density at radius 1 is 1.06 bits per heavy atom. The Bertz CT molecular complexity index is 966. The molecule has 1 aromatic carbocycles. The Morgan fingerprint density at radius 3 is 2.55 bits per heavy atom. The average Bonchev–Trinajstić information content (AvgIpc) is 3.46. The molecule has 0 saturated heterocycles. The zero-order chi connectivity index (χ0) is 22.1. The molecule has 0 amide bonds. The second-order valence-electron chi connectivity index (χ2n) is 7.79. The predicted molar refractivity (Wildman–Crippen MR) is 114 cm³/mol. The van der Waals surface area contributed by atoms with Crippen molar-refractivity contribution in [2.24, 2.45) is 0 Å². The fourth-order valence-corrected chi connectivity index (χ4v) is 3.85. The van der Waals surface area contributed by atoms with E-state index in [9.17, 15) is 14.0 Å². The molecule has 0 aliphatic rings. The second-order valence-corrected chi connectivity index (χ2v) is 7.79. The van der Waals surface area contributed by atoms with Crippen LogP contribution >= 0.6 is 0 Å². The van der Waals surface area contributed by atoms with Gasteiger partial charge in [-0.1, -0.05) is 38.3 Å².